The van der Waals surface area contributed by atoms with Gasteiger partial charge in [0.1, 0.15) is 5.75 Å². The molecule has 0 saturated heterocycles. The first-order valence-corrected chi connectivity index (χ1v) is 7.96. The molecule has 0 atom stereocenters. The monoisotopic (exact) mass is 371 g/mol. The minimum atomic E-state index is -0.578. The second kappa shape index (κ2) is 9.66. The van der Waals surface area contributed by atoms with Crippen molar-refractivity contribution in [2.24, 2.45) is 5.10 Å². The molecular formula is C18H17N3O6. The van der Waals surface area contributed by atoms with Gasteiger partial charge in [0, 0.05) is 17.7 Å². The summed E-state index contributed by atoms with van der Waals surface area (Å²) in [6.07, 6.45) is 1.41. The Balaban J connectivity index is 1.88. The van der Waals surface area contributed by atoms with E-state index < -0.39 is 16.8 Å². The summed E-state index contributed by atoms with van der Waals surface area (Å²) in [5.41, 5.74) is 2.93. The molecule has 0 spiro atoms. The molecule has 1 N–H and O–H groups in total. The van der Waals surface area contributed by atoms with Crippen LogP contribution in [0.1, 0.15) is 22.8 Å². The quantitative estimate of drug-likeness (QED) is 0.329. The topological polar surface area (TPSA) is 120 Å². The third kappa shape index (κ3) is 6.24. The first-order valence-electron chi connectivity index (χ1n) is 7.96. The molecule has 9 heteroatoms. The van der Waals surface area contributed by atoms with E-state index in [0.29, 0.717) is 17.9 Å². The van der Waals surface area contributed by atoms with Gasteiger partial charge in [0.05, 0.1) is 17.7 Å². The lowest BCUT2D eigenvalue weighted by Crippen LogP contribution is -2.17. The number of amides is 1. The van der Waals surface area contributed by atoms with Crippen LogP contribution in [0.4, 0.5) is 5.69 Å². The van der Waals surface area contributed by atoms with Crippen LogP contribution in [0.2, 0.25) is 0 Å². The molecule has 0 heterocycles. The van der Waals surface area contributed by atoms with Crippen molar-refractivity contribution in [2.45, 2.75) is 6.92 Å². The third-order valence-electron chi connectivity index (χ3n) is 3.24. The van der Waals surface area contributed by atoms with E-state index >= 15 is 0 Å². The molecule has 140 valence electrons. The molecule has 0 aliphatic rings. The SMILES string of the molecule is CCOC(=O)COc1ccc(/C=N/NC(=O)c2cccc([N+](=O)[O-])c2)cc1. The molecule has 9 nitrogen and oxygen atoms in total. The highest BCUT2D eigenvalue weighted by Crippen LogP contribution is 2.13. The maximum atomic E-state index is 12.0. The summed E-state index contributed by atoms with van der Waals surface area (Å²) < 4.78 is 10.0. The molecule has 2 rings (SSSR count). The summed E-state index contributed by atoms with van der Waals surface area (Å²) >= 11 is 0. The van der Waals surface area contributed by atoms with E-state index in [-0.39, 0.29) is 17.9 Å². The van der Waals surface area contributed by atoms with Gasteiger partial charge < -0.3 is 9.47 Å². The van der Waals surface area contributed by atoms with Crippen molar-refractivity contribution >= 4 is 23.8 Å². The Kier molecular flexibility index (Phi) is 7.00. The van der Waals surface area contributed by atoms with E-state index in [1.165, 1.54) is 30.5 Å². The fourth-order valence-corrected chi connectivity index (χ4v) is 1.99. The zero-order valence-electron chi connectivity index (χ0n) is 14.5. The summed E-state index contributed by atoms with van der Waals surface area (Å²) in [7, 11) is 0. The highest BCUT2D eigenvalue weighted by molar-refractivity contribution is 5.95. The Morgan fingerprint density at radius 2 is 1.96 bits per heavy atom. The van der Waals surface area contributed by atoms with Gasteiger partial charge in [-0.25, -0.2) is 10.2 Å². The predicted molar refractivity (Wildman–Crippen MR) is 96.7 cm³/mol. The molecule has 1 amide bonds. The van der Waals surface area contributed by atoms with Gasteiger partial charge >= 0.3 is 5.97 Å². The van der Waals surface area contributed by atoms with Gasteiger partial charge in [0.2, 0.25) is 0 Å². The number of ether oxygens (including phenoxy) is 2. The van der Waals surface area contributed by atoms with E-state index in [2.05, 4.69) is 10.5 Å². The van der Waals surface area contributed by atoms with Gasteiger partial charge in [-0.2, -0.15) is 5.10 Å². The molecule has 2 aromatic rings. The normalized spacial score (nSPS) is 10.4. The average Bonchev–Trinajstić information content (AvgIpc) is 2.67. The number of hydrogen-bond donors (Lipinski definition) is 1. The molecular weight excluding hydrogens is 354 g/mol. The van der Waals surface area contributed by atoms with Crippen molar-refractivity contribution in [3.8, 4) is 5.75 Å². The van der Waals surface area contributed by atoms with E-state index in [0.717, 1.165) is 0 Å². The van der Waals surface area contributed by atoms with E-state index in [1.54, 1.807) is 31.2 Å². The molecule has 0 aliphatic heterocycles. The highest BCUT2D eigenvalue weighted by Gasteiger charge is 2.10. The number of carbonyl (C=O) groups excluding carboxylic acids is 2. The average molecular weight is 371 g/mol. The zero-order valence-corrected chi connectivity index (χ0v) is 14.5. The Labute approximate surface area is 154 Å². The Morgan fingerprint density at radius 1 is 1.22 bits per heavy atom. The number of nitro benzene ring substituents is 1. The van der Waals surface area contributed by atoms with Crippen LogP contribution in [-0.4, -0.2) is 36.2 Å². The summed E-state index contributed by atoms with van der Waals surface area (Å²) in [5, 5.41) is 14.5. The number of hydrogen-bond acceptors (Lipinski definition) is 7. The Bertz CT molecular complexity index is 848. The maximum absolute atomic E-state index is 12.0. The summed E-state index contributed by atoms with van der Waals surface area (Å²) in [4.78, 5) is 33.3. The molecule has 0 unspecified atom stereocenters. The van der Waals surface area contributed by atoms with Crippen LogP contribution in [0.5, 0.6) is 5.75 Å². The fraction of sp³-hybridized carbons (Fsp3) is 0.167. The zero-order chi connectivity index (χ0) is 19.6. The number of non-ortho nitro benzene ring substituents is 1. The van der Waals surface area contributed by atoms with Gasteiger partial charge in [0.15, 0.2) is 6.61 Å². The van der Waals surface area contributed by atoms with E-state index in [1.807, 2.05) is 0 Å². The highest BCUT2D eigenvalue weighted by atomic mass is 16.6. The molecule has 2 aromatic carbocycles. The number of rotatable bonds is 8. The fourth-order valence-electron chi connectivity index (χ4n) is 1.99. The molecule has 0 aromatic heterocycles. The summed E-state index contributed by atoms with van der Waals surface area (Å²) in [5.74, 6) is -0.530. The number of nitro groups is 1. The minimum absolute atomic E-state index is 0.129. The Morgan fingerprint density at radius 3 is 2.63 bits per heavy atom. The molecule has 27 heavy (non-hydrogen) atoms. The van der Waals surface area contributed by atoms with Crippen molar-refractivity contribution in [2.75, 3.05) is 13.2 Å². The molecule has 0 aliphatic carbocycles. The summed E-state index contributed by atoms with van der Waals surface area (Å²) in [6.45, 7) is 1.82. The van der Waals surface area contributed by atoms with Crippen LogP contribution in [-0.2, 0) is 9.53 Å². The van der Waals surface area contributed by atoms with Crippen molar-refractivity contribution in [1.82, 2.24) is 5.43 Å². The van der Waals surface area contributed by atoms with Crippen molar-refractivity contribution in [1.29, 1.82) is 0 Å². The number of nitrogens with zero attached hydrogens (tertiary/aromatic N) is 2. The predicted octanol–water partition coefficient (Wildman–Crippen LogP) is 2.30. The van der Waals surface area contributed by atoms with Crippen molar-refractivity contribution in [3.05, 3.63) is 69.8 Å². The van der Waals surface area contributed by atoms with Crippen LogP contribution in [0.15, 0.2) is 53.6 Å². The number of nitrogens with one attached hydrogen (secondary N) is 1. The lowest BCUT2D eigenvalue weighted by atomic mass is 10.2. The minimum Gasteiger partial charge on any atom is -0.482 e. The van der Waals surface area contributed by atoms with E-state index in [9.17, 15) is 19.7 Å². The second-order valence-electron chi connectivity index (χ2n) is 5.17. The van der Waals surface area contributed by atoms with Crippen LogP contribution in [0, 0.1) is 10.1 Å². The number of carbonyl (C=O) groups is 2. The number of hydrazone groups is 1. The van der Waals surface area contributed by atoms with Gasteiger partial charge in [-0.3, -0.25) is 14.9 Å². The number of esters is 1. The third-order valence-corrected chi connectivity index (χ3v) is 3.24. The molecule has 0 radical (unpaired) electrons. The second-order valence-corrected chi connectivity index (χ2v) is 5.17. The van der Waals surface area contributed by atoms with Gasteiger partial charge in [-0.15, -0.1) is 0 Å². The number of benzene rings is 2. The van der Waals surface area contributed by atoms with Crippen molar-refractivity contribution < 1.29 is 24.0 Å². The van der Waals surface area contributed by atoms with Crippen LogP contribution < -0.4 is 10.2 Å². The molecule has 0 fully saturated rings. The largest absolute Gasteiger partial charge is 0.482 e. The van der Waals surface area contributed by atoms with Crippen LogP contribution in [0.25, 0.3) is 0 Å². The van der Waals surface area contributed by atoms with Crippen molar-refractivity contribution in [3.63, 3.8) is 0 Å². The van der Waals surface area contributed by atoms with Gasteiger partial charge in [-0.1, -0.05) is 6.07 Å². The van der Waals surface area contributed by atoms with Crippen LogP contribution >= 0.6 is 0 Å². The lowest BCUT2D eigenvalue weighted by molar-refractivity contribution is -0.384. The first-order chi connectivity index (χ1) is 13.0. The first kappa shape index (κ1) is 19.6. The van der Waals surface area contributed by atoms with E-state index in [4.69, 9.17) is 9.47 Å². The lowest BCUT2D eigenvalue weighted by Gasteiger charge is -2.05. The standard InChI is InChI=1S/C18H17N3O6/c1-2-26-17(22)12-27-16-8-6-13(7-9-16)11-19-20-18(23)14-4-3-5-15(10-14)21(24)25/h3-11H,2,12H2,1H3,(H,20,23)/b19-11+. The van der Waals surface area contributed by atoms with Gasteiger partial charge in [-0.05, 0) is 42.8 Å². The molecule has 0 saturated carbocycles. The smallest absolute Gasteiger partial charge is 0.344 e. The van der Waals surface area contributed by atoms with Gasteiger partial charge in [0.25, 0.3) is 11.6 Å². The maximum Gasteiger partial charge on any atom is 0.344 e. The summed E-state index contributed by atoms with van der Waals surface area (Å²) in [6, 6.07) is 12.0. The van der Waals surface area contributed by atoms with Crippen LogP contribution in [0.3, 0.4) is 0 Å². The Hall–Kier alpha value is -3.75. The molecule has 0 bridgehead atoms.